The Labute approximate surface area is 208 Å². The van der Waals surface area contributed by atoms with Gasteiger partial charge in [-0.3, -0.25) is 4.79 Å². The molecule has 5 aromatic rings. The summed E-state index contributed by atoms with van der Waals surface area (Å²) in [7, 11) is 4.73. The lowest BCUT2D eigenvalue weighted by Crippen LogP contribution is -2.14. The molecule has 0 radical (unpaired) electrons. The second kappa shape index (κ2) is 9.79. The Bertz CT molecular complexity index is 1560. The maximum atomic E-state index is 13.2. The Kier molecular flexibility index (Phi) is 6.23. The summed E-state index contributed by atoms with van der Waals surface area (Å²) in [6.45, 7) is 0. The summed E-state index contributed by atoms with van der Waals surface area (Å²) < 4.78 is 17.8. The highest BCUT2D eigenvalue weighted by atomic mass is 16.5. The Hall–Kier alpha value is -4.85. The molecule has 0 fully saturated rings. The Morgan fingerprint density at radius 1 is 0.806 bits per heavy atom. The van der Waals surface area contributed by atoms with Crippen LogP contribution in [-0.4, -0.2) is 42.0 Å². The molecule has 0 aliphatic carbocycles. The summed E-state index contributed by atoms with van der Waals surface area (Å²) >= 11 is 0. The van der Waals surface area contributed by atoms with E-state index in [9.17, 15) is 4.79 Å². The maximum Gasteiger partial charge on any atom is 0.295 e. The van der Waals surface area contributed by atoms with Crippen LogP contribution in [0.25, 0.3) is 27.8 Å². The summed E-state index contributed by atoms with van der Waals surface area (Å²) in [6, 6.07) is 26.5. The molecule has 1 aromatic heterocycles. The van der Waals surface area contributed by atoms with E-state index in [0.717, 1.165) is 16.5 Å². The van der Waals surface area contributed by atoms with Crippen LogP contribution in [0.1, 0.15) is 10.6 Å². The van der Waals surface area contributed by atoms with Gasteiger partial charge in [0.05, 0.1) is 27.0 Å². The van der Waals surface area contributed by atoms with Crippen molar-refractivity contribution in [2.75, 3.05) is 26.6 Å². The van der Waals surface area contributed by atoms with Crippen LogP contribution in [-0.2, 0) is 0 Å². The fraction of sp³-hybridized carbons (Fsp3) is 0.107. The van der Waals surface area contributed by atoms with Crippen molar-refractivity contribution in [1.82, 2.24) is 14.8 Å². The second-order valence-corrected chi connectivity index (χ2v) is 7.92. The first-order valence-electron chi connectivity index (χ1n) is 11.2. The minimum atomic E-state index is -0.441. The van der Waals surface area contributed by atoms with Gasteiger partial charge >= 0.3 is 0 Å². The van der Waals surface area contributed by atoms with E-state index in [1.54, 1.807) is 56.3 Å². The molecule has 8 nitrogen and oxygen atoms in total. The number of amides is 1. The van der Waals surface area contributed by atoms with E-state index in [1.165, 1.54) is 0 Å². The average Bonchev–Trinajstić information content (AvgIpc) is 3.38. The van der Waals surface area contributed by atoms with E-state index in [0.29, 0.717) is 34.3 Å². The molecule has 8 heteroatoms. The van der Waals surface area contributed by atoms with Crippen LogP contribution in [0, 0.1) is 0 Å². The van der Waals surface area contributed by atoms with Gasteiger partial charge in [0.2, 0.25) is 5.82 Å². The number of benzene rings is 4. The fourth-order valence-corrected chi connectivity index (χ4v) is 4.02. The highest BCUT2D eigenvalue weighted by Gasteiger charge is 2.21. The van der Waals surface area contributed by atoms with Gasteiger partial charge in [0, 0.05) is 22.7 Å². The zero-order valence-corrected chi connectivity index (χ0v) is 20.1. The third kappa shape index (κ3) is 4.32. The summed E-state index contributed by atoms with van der Waals surface area (Å²) in [6.07, 6.45) is 0. The van der Waals surface area contributed by atoms with Crippen molar-refractivity contribution in [2.45, 2.75) is 0 Å². The third-order valence-corrected chi connectivity index (χ3v) is 5.77. The SMILES string of the molecule is COc1cccc(NC(=O)c2nc(-c3ccc(OC)c(OC)c3)n(-c3cccc4ccccc34)n2)c1. The van der Waals surface area contributed by atoms with Crippen LogP contribution >= 0.6 is 0 Å². The molecular weight excluding hydrogens is 456 g/mol. The normalized spacial score (nSPS) is 10.8. The summed E-state index contributed by atoms with van der Waals surface area (Å²) in [5.74, 6) is 1.84. The van der Waals surface area contributed by atoms with Crippen molar-refractivity contribution >= 4 is 22.4 Å². The van der Waals surface area contributed by atoms with Crippen LogP contribution in [0.5, 0.6) is 17.2 Å². The van der Waals surface area contributed by atoms with Crippen LogP contribution < -0.4 is 19.5 Å². The summed E-state index contributed by atoms with van der Waals surface area (Å²) in [5, 5.41) is 9.51. The molecule has 180 valence electrons. The van der Waals surface area contributed by atoms with Gasteiger partial charge in [-0.05, 0) is 41.8 Å². The van der Waals surface area contributed by atoms with Crippen molar-refractivity contribution in [2.24, 2.45) is 0 Å². The highest BCUT2D eigenvalue weighted by molar-refractivity contribution is 6.02. The van der Waals surface area contributed by atoms with Crippen LogP contribution in [0.3, 0.4) is 0 Å². The number of fused-ring (bicyclic) bond motifs is 1. The van der Waals surface area contributed by atoms with Crippen molar-refractivity contribution in [1.29, 1.82) is 0 Å². The lowest BCUT2D eigenvalue weighted by molar-refractivity contribution is 0.101. The Balaban J connectivity index is 1.64. The second-order valence-electron chi connectivity index (χ2n) is 7.92. The number of nitrogens with one attached hydrogen (secondary N) is 1. The molecule has 5 rings (SSSR count). The fourth-order valence-electron chi connectivity index (χ4n) is 4.02. The molecular formula is C28H24N4O4. The van der Waals surface area contributed by atoms with Crippen LogP contribution in [0.2, 0.25) is 0 Å². The van der Waals surface area contributed by atoms with Crippen LogP contribution in [0.15, 0.2) is 84.9 Å². The number of hydrogen-bond donors (Lipinski definition) is 1. The molecule has 0 aliphatic rings. The van der Waals surface area contributed by atoms with E-state index in [1.807, 2.05) is 54.6 Å². The zero-order valence-electron chi connectivity index (χ0n) is 20.1. The molecule has 1 amide bonds. The average molecular weight is 481 g/mol. The first-order chi connectivity index (χ1) is 17.6. The standard InChI is InChI=1S/C28H24N4O4/c1-34-21-11-7-10-20(17-21)29-28(33)26-30-27(19-14-15-24(35-2)25(16-19)36-3)32(31-26)23-13-6-9-18-8-4-5-12-22(18)23/h4-17H,1-3H3,(H,29,33). The molecule has 0 atom stereocenters. The number of hydrogen-bond acceptors (Lipinski definition) is 6. The number of anilines is 1. The van der Waals surface area contributed by atoms with E-state index in [2.05, 4.69) is 15.4 Å². The molecule has 0 aliphatic heterocycles. The first kappa shape index (κ1) is 22.9. The number of aromatic nitrogens is 3. The maximum absolute atomic E-state index is 13.2. The van der Waals surface area contributed by atoms with E-state index < -0.39 is 5.91 Å². The van der Waals surface area contributed by atoms with Crippen molar-refractivity contribution in [3.8, 4) is 34.3 Å². The van der Waals surface area contributed by atoms with E-state index in [-0.39, 0.29) is 5.82 Å². The molecule has 4 aromatic carbocycles. The molecule has 0 saturated carbocycles. The predicted octanol–water partition coefficient (Wildman–Crippen LogP) is 5.37. The lowest BCUT2D eigenvalue weighted by atomic mass is 10.1. The van der Waals surface area contributed by atoms with Crippen molar-refractivity contribution in [3.05, 3.63) is 90.8 Å². The highest BCUT2D eigenvalue weighted by Crippen LogP contribution is 2.33. The van der Waals surface area contributed by atoms with Crippen molar-refractivity contribution < 1.29 is 19.0 Å². The van der Waals surface area contributed by atoms with E-state index >= 15 is 0 Å². The molecule has 0 spiro atoms. The summed E-state index contributed by atoms with van der Waals surface area (Å²) in [4.78, 5) is 17.8. The number of nitrogens with zero attached hydrogens (tertiary/aromatic N) is 3. The van der Waals surface area contributed by atoms with Gasteiger partial charge in [-0.2, -0.15) is 0 Å². The number of rotatable bonds is 7. The smallest absolute Gasteiger partial charge is 0.295 e. The van der Waals surface area contributed by atoms with Gasteiger partial charge in [-0.25, -0.2) is 9.67 Å². The third-order valence-electron chi connectivity index (χ3n) is 5.77. The molecule has 0 unspecified atom stereocenters. The molecule has 1 N–H and O–H groups in total. The van der Waals surface area contributed by atoms with E-state index in [4.69, 9.17) is 14.2 Å². The Morgan fingerprint density at radius 3 is 2.39 bits per heavy atom. The minimum Gasteiger partial charge on any atom is -0.497 e. The van der Waals surface area contributed by atoms with Gasteiger partial charge < -0.3 is 19.5 Å². The molecule has 1 heterocycles. The van der Waals surface area contributed by atoms with Crippen LogP contribution in [0.4, 0.5) is 5.69 Å². The number of ether oxygens (including phenoxy) is 3. The van der Waals surface area contributed by atoms with Gasteiger partial charge in [0.15, 0.2) is 17.3 Å². The van der Waals surface area contributed by atoms with Gasteiger partial charge in [-0.1, -0.05) is 42.5 Å². The number of carbonyl (C=O) groups is 1. The predicted molar refractivity (Wildman–Crippen MR) is 138 cm³/mol. The van der Waals surface area contributed by atoms with Crippen molar-refractivity contribution in [3.63, 3.8) is 0 Å². The number of carbonyl (C=O) groups excluding carboxylic acids is 1. The zero-order chi connectivity index (χ0) is 25.1. The largest absolute Gasteiger partial charge is 0.497 e. The molecule has 0 bridgehead atoms. The van der Waals surface area contributed by atoms with Gasteiger partial charge in [0.25, 0.3) is 5.91 Å². The first-order valence-corrected chi connectivity index (χ1v) is 11.2. The van der Waals surface area contributed by atoms with Gasteiger partial charge in [-0.15, -0.1) is 5.10 Å². The monoisotopic (exact) mass is 480 g/mol. The topological polar surface area (TPSA) is 87.5 Å². The number of methoxy groups -OCH3 is 3. The minimum absolute atomic E-state index is 0.0236. The molecule has 36 heavy (non-hydrogen) atoms. The molecule has 0 saturated heterocycles. The quantitative estimate of drug-likeness (QED) is 0.337. The summed E-state index contributed by atoms with van der Waals surface area (Å²) in [5.41, 5.74) is 2.09. The van der Waals surface area contributed by atoms with Gasteiger partial charge in [0.1, 0.15) is 5.75 Å². The lowest BCUT2D eigenvalue weighted by Gasteiger charge is -2.12. The Morgan fingerprint density at radius 2 is 1.58 bits per heavy atom.